The summed E-state index contributed by atoms with van der Waals surface area (Å²) in [6, 6.07) is 8.59. The van der Waals surface area contributed by atoms with Crippen LogP contribution in [0.5, 0.6) is 0 Å². The Bertz CT molecular complexity index is 598. The maximum absolute atomic E-state index is 4.88. The lowest BCUT2D eigenvalue weighted by Gasteiger charge is -2.12. The Hall–Kier alpha value is -1.77. The molecule has 0 unspecified atom stereocenters. The molecule has 2 aromatic rings. The third kappa shape index (κ3) is 2.21. The molecule has 3 heteroatoms. The molecule has 1 aliphatic rings. The fraction of sp³-hybridized carbons (Fsp3) is 0.471. The van der Waals surface area contributed by atoms with Crippen molar-refractivity contribution >= 4 is 5.82 Å². The summed E-state index contributed by atoms with van der Waals surface area (Å²) in [6.07, 6.45) is 5.69. The predicted molar refractivity (Wildman–Crippen MR) is 83.7 cm³/mol. The number of aryl methyl sites for hydroxylation is 2. The number of hydrogen-bond acceptors (Lipinski definition) is 2. The summed E-state index contributed by atoms with van der Waals surface area (Å²) in [5.74, 6) is 1.22. The minimum atomic E-state index is 1.01. The van der Waals surface area contributed by atoms with Crippen molar-refractivity contribution in [3.63, 3.8) is 0 Å². The summed E-state index contributed by atoms with van der Waals surface area (Å²) in [6.45, 7) is 5.45. The quantitative estimate of drug-likeness (QED) is 0.919. The van der Waals surface area contributed by atoms with E-state index in [9.17, 15) is 0 Å². The van der Waals surface area contributed by atoms with Crippen LogP contribution in [0.15, 0.2) is 24.3 Å². The molecular weight excluding hydrogens is 246 g/mol. The molecule has 0 radical (unpaired) electrons. The first-order valence-corrected chi connectivity index (χ1v) is 7.78. The third-order valence-electron chi connectivity index (χ3n) is 4.15. The second-order valence-corrected chi connectivity index (χ2v) is 5.41. The van der Waals surface area contributed by atoms with Crippen molar-refractivity contribution in [1.82, 2.24) is 9.78 Å². The Labute approximate surface area is 121 Å². The summed E-state index contributed by atoms with van der Waals surface area (Å²) in [5, 5.41) is 8.48. The molecule has 1 aromatic carbocycles. The molecule has 0 bridgehead atoms. The molecule has 0 fully saturated rings. The number of nitrogens with one attached hydrogen (secondary N) is 1. The van der Waals surface area contributed by atoms with Gasteiger partial charge >= 0.3 is 0 Å². The fourth-order valence-corrected chi connectivity index (χ4v) is 3.05. The van der Waals surface area contributed by atoms with Gasteiger partial charge < -0.3 is 5.32 Å². The van der Waals surface area contributed by atoms with Gasteiger partial charge in [0.1, 0.15) is 5.82 Å². The van der Waals surface area contributed by atoms with E-state index in [1.54, 1.807) is 0 Å². The van der Waals surface area contributed by atoms with Crippen LogP contribution in [0.1, 0.15) is 43.5 Å². The Balaban J connectivity index is 2.16. The zero-order valence-electron chi connectivity index (χ0n) is 12.4. The first-order chi connectivity index (χ1) is 9.85. The maximum Gasteiger partial charge on any atom is 0.133 e. The average molecular weight is 269 g/mol. The van der Waals surface area contributed by atoms with Gasteiger partial charge in [0.15, 0.2) is 0 Å². The summed E-state index contributed by atoms with van der Waals surface area (Å²) in [5.41, 5.74) is 5.25. The van der Waals surface area contributed by atoms with E-state index in [0.29, 0.717) is 0 Å². The topological polar surface area (TPSA) is 29.9 Å². The average Bonchev–Trinajstić information content (AvgIpc) is 2.68. The Morgan fingerprint density at radius 3 is 2.80 bits per heavy atom. The maximum atomic E-state index is 4.88. The highest BCUT2D eigenvalue weighted by molar-refractivity contribution is 5.56. The molecule has 0 saturated heterocycles. The number of para-hydroxylation sites is 1. The van der Waals surface area contributed by atoms with Crippen molar-refractivity contribution in [3.05, 3.63) is 41.1 Å². The van der Waals surface area contributed by atoms with Gasteiger partial charge in [-0.15, -0.1) is 0 Å². The van der Waals surface area contributed by atoms with Gasteiger partial charge in [0.05, 0.1) is 11.4 Å². The summed E-state index contributed by atoms with van der Waals surface area (Å²) in [4.78, 5) is 0. The first-order valence-electron chi connectivity index (χ1n) is 7.78. The van der Waals surface area contributed by atoms with Crippen molar-refractivity contribution in [1.29, 1.82) is 0 Å². The molecule has 0 saturated carbocycles. The molecule has 1 N–H and O–H groups in total. The molecule has 0 spiro atoms. The van der Waals surface area contributed by atoms with Crippen molar-refractivity contribution in [2.24, 2.45) is 0 Å². The highest BCUT2D eigenvalue weighted by atomic mass is 15.3. The van der Waals surface area contributed by atoms with Crippen LogP contribution >= 0.6 is 0 Å². The highest BCUT2D eigenvalue weighted by Gasteiger charge is 2.20. The van der Waals surface area contributed by atoms with Gasteiger partial charge in [-0.05, 0) is 43.7 Å². The number of nitrogens with zero attached hydrogens (tertiary/aromatic N) is 2. The lowest BCUT2D eigenvalue weighted by molar-refractivity contribution is 0.763. The Morgan fingerprint density at radius 2 is 2.00 bits per heavy atom. The van der Waals surface area contributed by atoms with Gasteiger partial charge in [-0.1, -0.05) is 32.0 Å². The molecule has 3 rings (SSSR count). The normalized spacial score (nSPS) is 14.5. The van der Waals surface area contributed by atoms with E-state index in [4.69, 9.17) is 5.10 Å². The molecule has 0 amide bonds. The van der Waals surface area contributed by atoms with Crippen LogP contribution in [0, 0.1) is 0 Å². The van der Waals surface area contributed by atoms with Gasteiger partial charge in [-0.25, -0.2) is 4.68 Å². The van der Waals surface area contributed by atoms with E-state index in [-0.39, 0.29) is 0 Å². The van der Waals surface area contributed by atoms with Gasteiger partial charge in [0, 0.05) is 12.1 Å². The second-order valence-electron chi connectivity index (χ2n) is 5.41. The minimum Gasteiger partial charge on any atom is -0.370 e. The van der Waals surface area contributed by atoms with E-state index >= 15 is 0 Å². The van der Waals surface area contributed by atoms with Gasteiger partial charge in [-0.3, -0.25) is 0 Å². The van der Waals surface area contributed by atoms with Crippen LogP contribution in [0.4, 0.5) is 5.82 Å². The van der Waals surface area contributed by atoms with Crippen LogP contribution in [-0.2, 0) is 19.3 Å². The lowest BCUT2D eigenvalue weighted by Crippen LogP contribution is -2.08. The molecule has 3 nitrogen and oxygen atoms in total. The zero-order valence-corrected chi connectivity index (χ0v) is 12.4. The summed E-state index contributed by atoms with van der Waals surface area (Å²) >= 11 is 0. The Kier molecular flexibility index (Phi) is 3.77. The number of rotatable bonds is 3. The van der Waals surface area contributed by atoms with Crippen LogP contribution in [0.3, 0.4) is 0 Å². The molecule has 0 aliphatic carbocycles. The monoisotopic (exact) mass is 269 g/mol. The fourth-order valence-electron chi connectivity index (χ4n) is 3.05. The zero-order chi connectivity index (χ0) is 13.9. The minimum absolute atomic E-state index is 1.01. The number of fused-ring (bicyclic) bond motifs is 1. The molecule has 1 aliphatic heterocycles. The van der Waals surface area contributed by atoms with E-state index in [1.165, 1.54) is 41.2 Å². The number of benzene rings is 1. The summed E-state index contributed by atoms with van der Waals surface area (Å²) in [7, 11) is 0. The van der Waals surface area contributed by atoms with Crippen molar-refractivity contribution in [3.8, 4) is 5.69 Å². The van der Waals surface area contributed by atoms with Gasteiger partial charge in [-0.2, -0.15) is 5.10 Å². The molecule has 1 aromatic heterocycles. The molecular formula is C17H23N3. The van der Waals surface area contributed by atoms with Gasteiger partial charge in [0.2, 0.25) is 0 Å². The molecule has 106 valence electrons. The predicted octanol–water partition coefficient (Wildman–Crippen LogP) is 3.75. The summed E-state index contributed by atoms with van der Waals surface area (Å²) < 4.78 is 2.14. The lowest BCUT2D eigenvalue weighted by atomic mass is 10.1. The second kappa shape index (κ2) is 5.70. The number of anilines is 1. The van der Waals surface area contributed by atoms with Crippen molar-refractivity contribution < 1.29 is 0 Å². The van der Waals surface area contributed by atoms with Crippen molar-refractivity contribution in [2.45, 2.75) is 46.0 Å². The Morgan fingerprint density at radius 1 is 1.15 bits per heavy atom. The largest absolute Gasteiger partial charge is 0.370 e. The van der Waals surface area contributed by atoms with Gasteiger partial charge in [0.25, 0.3) is 0 Å². The van der Waals surface area contributed by atoms with Crippen LogP contribution in [0.2, 0.25) is 0 Å². The van der Waals surface area contributed by atoms with Crippen LogP contribution in [0.25, 0.3) is 5.69 Å². The first kappa shape index (κ1) is 13.2. The SMILES string of the molecule is CCc1ccccc1-n1nc(CC)c2c1NCCCC2. The molecule has 20 heavy (non-hydrogen) atoms. The standard InChI is InChI=1S/C17H23N3/c1-3-13-9-5-6-11-16(13)20-17-14(15(4-2)19-20)10-7-8-12-18-17/h5-6,9,11,18H,3-4,7-8,10,12H2,1-2H3. The van der Waals surface area contributed by atoms with E-state index < -0.39 is 0 Å². The number of hydrogen-bond donors (Lipinski definition) is 1. The third-order valence-corrected chi connectivity index (χ3v) is 4.15. The van der Waals surface area contributed by atoms with E-state index in [2.05, 4.69) is 48.1 Å². The number of aromatic nitrogens is 2. The van der Waals surface area contributed by atoms with E-state index in [1.807, 2.05) is 0 Å². The highest BCUT2D eigenvalue weighted by Crippen LogP contribution is 2.29. The molecule has 2 heterocycles. The van der Waals surface area contributed by atoms with E-state index in [0.717, 1.165) is 25.8 Å². The van der Waals surface area contributed by atoms with Crippen LogP contribution < -0.4 is 5.32 Å². The smallest absolute Gasteiger partial charge is 0.133 e. The van der Waals surface area contributed by atoms with Crippen LogP contribution in [-0.4, -0.2) is 16.3 Å². The molecule has 0 atom stereocenters. The van der Waals surface area contributed by atoms with Crippen molar-refractivity contribution in [2.75, 3.05) is 11.9 Å².